The fraction of sp³-hybridized carbons (Fsp3) is 0.400. The van der Waals surface area contributed by atoms with Crippen molar-refractivity contribution in [3.05, 3.63) is 48.0 Å². The monoisotopic (exact) mass is 374 g/mol. The molecule has 1 aromatic carbocycles. The van der Waals surface area contributed by atoms with Gasteiger partial charge in [0, 0.05) is 5.56 Å². The maximum Gasteiger partial charge on any atom is 0.253 e. The Labute approximate surface area is 149 Å². The van der Waals surface area contributed by atoms with Crippen LogP contribution in [0.2, 0.25) is 0 Å². The maximum atomic E-state index is 12.4. The van der Waals surface area contributed by atoms with Crippen LogP contribution < -0.4 is 5.32 Å². The number of halogens is 3. The molecule has 1 N–H and O–H groups in total. The van der Waals surface area contributed by atoms with E-state index in [1.807, 2.05) is 12.1 Å². The lowest BCUT2D eigenvalue weighted by Crippen LogP contribution is -2.40. The van der Waals surface area contributed by atoms with Crippen LogP contribution in [0.4, 0.5) is 0 Å². The van der Waals surface area contributed by atoms with Gasteiger partial charge in [0.1, 0.15) is 12.7 Å². The standard InChI is InChI=1S/C15H17Cl3N4O/c1-14(2,3)11-6-4-10(5-7-11)12(23)21-13(15(16,17)18)22-9-19-8-20-22/h4-9,13H,1-3H3,(H,21,23). The average molecular weight is 376 g/mol. The van der Waals surface area contributed by atoms with Crippen LogP contribution in [0.5, 0.6) is 0 Å². The van der Waals surface area contributed by atoms with Crippen LogP contribution in [-0.4, -0.2) is 24.5 Å². The SMILES string of the molecule is CC(C)(C)c1ccc(C(=O)NC(n2cncn2)C(Cl)(Cl)Cl)cc1. The quantitative estimate of drug-likeness (QED) is 0.828. The molecule has 2 rings (SSSR count). The first kappa shape index (κ1) is 18.0. The van der Waals surface area contributed by atoms with E-state index in [4.69, 9.17) is 34.8 Å². The van der Waals surface area contributed by atoms with Gasteiger partial charge in [-0.1, -0.05) is 67.7 Å². The highest BCUT2D eigenvalue weighted by atomic mass is 35.6. The van der Waals surface area contributed by atoms with Crippen molar-refractivity contribution in [1.82, 2.24) is 20.1 Å². The van der Waals surface area contributed by atoms with Crippen molar-refractivity contribution in [2.24, 2.45) is 0 Å². The highest BCUT2D eigenvalue weighted by Crippen LogP contribution is 2.36. The Balaban J connectivity index is 2.19. The minimum Gasteiger partial charge on any atom is -0.327 e. The van der Waals surface area contributed by atoms with Crippen molar-refractivity contribution in [2.45, 2.75) is 36.1 Å². The normalized spacial score (nSPS) is 13.7. The number of hydrogen-bond acceptors (Lipinski definition) is 3. The summed E-state index contributed by atoms with van der Waals surface area (Å²) in [6.45, 7) is 6.31. The number of nitrogens with one attached hydrogen (secondary N) is 1. The highest BCUT2D eigenvalue weighted by molar-refractivity contribution is 6.67. The van der Waals surface area contributed by atoms with Crippen molar-refractivity contribution in [3.63, 3.8) is 0 Å². The second-order valence-electron chi connectivity index (χ2n) is 6.12. The molecule has 0 aliphatic rings. The third kappa shape index (κ3) is 4.59. The molecule has 0 spiro atoms. The zero-order valence-corrected chi connectivity index (χ0v) is 15.2. The lowest BCUT2D eigenvalue weighted by Gasteiger charge is -2.25. The highest BCUT2D eigenvalue weighted by Gasteiger charge is 2.36. The molecule has 0 bridgehead atoms. The summed E-state index contributed by atoms with van der Waals surface area (Å²) in [5.74, 6) is -0.364. The summed E-state index contributed by atoms with van der Waals surface area (Å²) in [6.07, 6.45) is 1.70. The summed E-state index contributed by atoms with van der Waals surface area (Å²) in [5, 5.41) is 6.57. The average Bonchev–Trinajstić information content (AvgIpc) is 2.96. The Morgan fingerprint density at radius 3 is 2.22 bits per heavy atom. The molecule has 0 saturated heterocycles. The van der Waals surface area contributed by atoms with E-state index in [0.717, 1.165) is 5.56 Å². The predicted octanol–water partition coefficient (Wildman–Crippen LogP) is 3.87. The third-order valence-electron chi connectivity index (χ3n) is 3.29. The Morgan fingerprint density at radius 1 is 1.17 bits per heavy atom. The largest absolute Gasteiger partial charge is 0.327 e. The van der Waals surface area contributed by atoms with Crippen molar-refractivity contribution in [1.29, 1.82) is 0 Å². The number of nitrogens with zero attached hydrogens (tertiary/aromatic N) is 3. The molecule has 0 aliphatic heterocycles. The molecule has 5 nitrogen and oxygen atoms in total. The van der Waals surface area contributed by atoms with Crippen LogP contribution in [0.3, 0.4) is 0 Å². The zero-order valence-electron chi connectivity index (χ0n) is 12.9. The number of amides is 1. The topological polar surface area (TPSA) is 59.8 Å². The second kappa shape index (κ2) is 6.67. The van der Waals surface area contributed by atoms with Gasteiger partial charge in [0.15, 0.2) is 6.17 Å². The molecule has 124 valence electrons. The van der Waals surface area contributed by atoms with E-state index in [-0.39, 0.29) is 11.3 Å². The predicted molar refractivity (Wildman–Crippen MR) is 92.0 cm³/mol. The van der Waals surface area contributed by atoms with Crippen molar-refractivity contribution < 1.29 is 4.79 Å². The molecule has 2 aromatic rings. The lowest BCUT2D eigenvalue weighted by molar-refractivity contribution is 0.0916. The summed E-state index contributed by atoms with van der Waals surface area (Å²) in [6, 6.07) is 7.31. The van der Waals surface area contributed by atoms with Gasteiger partial charge in [0.2, 0.25) is 3.79 Å². The summed E-state index contributed by atoms with van der Waals surface area (Å²) in [7, 11) is 0. The van der Waals surface area contributed by atoms with Crippen LogP contribution in [0.15, 0.2) is 36.9 Å². The molecular weight excluding hydrogens is 359 g/mol. The van der Waals surface area contributed by atoms with Crippen LogP contribution in [0, 0.1) is 0 Å². The van der Waals surface area contributed by atoms with Gasteiger partial charge in [-0.15, -0.1) is 0 Å². The van der Waals surface area contributed by atoms with Gasteiger partial charge in [0.05, 0.1) is 0 Å². The van der Waals surface area contributed by atoms with Gasteiger partial charge in [-0.05, 0) is 23.1 Å². The van der Waals surface area contributed by atoms with Crippen molar-refractivity contribution in [3.8, 4) is 0 Å². The number of aromatic nitrogens is 3. The molecule has 0 radical (unpaired) electrons. The van der Waals surface area contributed by atoms with E-state index in [2.05, 4.69) is 36.2 Å². The molecule has 1 unspecified atom stereocenters. The summed E-state index contributed by atoms with van der Waals surface area (Å²) < 4.78 is -0.483. The first-order chi connectivity index (χ1) is 10.6. The van der Waals surface area contributed by atoms with Gasteiger partial charge < -0.3 is 5.32 Å². The first-order valence-corrected chi connectivity index (χ1v) is 8.04. The zero-order chi connectivity index (χ0) is 17.3. The number of alkyl halides is 3. The van der Waals surface area contributed by atoms with E-state index in [9.17, 15) is 4.79 Å². The Hall–Kier alpha value is -1.30. The fourth-order valence-electron chi connectivity index (χ4n) is 1.98. The molecule has 1 heterocycles. The number of carbonyl (C=O) groups excluding carboxylic acids is 1. The molecule has 1 amide bonds. The minimum absolute atomic E-state index is 0.00976. The van der Waals surface area contributed by atoms with E-state index in [0.29, 0.717) is 5.56 Å². The molecule has 0 aliphatic carbocycles. The van der Waals surface area contributed by atoms with E-state index in [1.165, 1.54) is 17.3 Å². The molecule has 8 heteroatoms. The van der Waals surface area contributed by atoms with Crippen LogP contribution in [-0.2, 0) is 5.41 Å². The second-order valence-corrected chi connectivity index (χ2v) is 8.49. The smallest absolute Gasteiger partial charge is 0.253 e. The molecule has 0 saturated carbocycles. The number of hydrogen-bond donors (Lipinski definition) is 1. The molecule has 1 aromatic heterocycles. The van der Waals surface area contributed by atoms with Crippen molar-refractivity contribution >= 4 is 40.7 Å². The Morgan fingerprint density at radius 2 is 1.78 bits per heavy atom. The molecular formula is C15H17Cl3N4O. The Bertz CT molecular complexity index is 658. The minimum atomic E-state index is -1.77. The van der Waals surface area contributed by atoms with Gasteiger partial charge in [0.25, 0.3) is 5.91 Å². The maximum absolute atomic E-state index is 12.4. The number of carbonyl (C=O) groups is 1. The van der Waals surface area contributed by atoms with Gasteiger partial charge in [-0.25, -0.2) is 9.67 Å². The van der Waals surface area contributed by atoms with E-state index >= 15 is 0 Å². The van der Waals surface area contributed by atoms with E-state index in [1.54, 1.807) is 12.1 Å². The number of rotatable bonds is 3. The van der Waals surface area contributed by atoms with Gasteiger partial charge >= 0.3 is 0 Å². The van der Waals surface area contributed by atoms with Gasteiger partial charge in [-0.2, -0.15) is 5.10 Å². The third-order valence-corrected chi connectivity index (χ3v) is 3.91. The fourth-order valence-corrected chi connectivity index (χ4v) is 2.44. The van der Waals surface area contributed by atoms with Crippen LogP contribution in [0.25, 0.3) is 0 Å². The number of benzene rings is 1. The van der Waals surface area contributed by atoms with Crippen molar-refractivity contribution in [2.75, 3.05) is 0 Å². The Kier molecular flexibility index (Phi) is 5.23. The van der Waals surface area contributed by atoms with E-state index < -0.39 is 9.96 Å². The van der Waals surface area contributed by atoms with Gasteiger partial charge in [-0.3, -0.25) is 4.79 Å². The molecule has 1 atom stereocenters. The lowest BCUT2D eigenvalue weighted by atomic mass is 9.87. The first-order valence-electron chi connectivity index (χ1n) is 6.91. The summed E-state index contributed by atoms with van der Waals surface area (Å²) in [5.41, 5.74) is 1.61. The molecule has 23 heavy (non-hydrogen) atoms. The van der Waals surface area contributed by atoms with Crippen LogP contribution >= 0.6 is 34.8 Å². The van der Waals surface area contributed by atoms with Crippen LogP contribution in [0.1, 0.15) is 42.9 Å². The summed E-state index contributed by atoms with van der Waals surface area (Å²) >= 11 is 17.8. The molecule has 0 fully saturated rings. The summed E-state index contributed by atoms with van der Waals surface area (Å²) in [4.78, 5) is 16.2.